The number of carbonyl (C=O) groups excluding carboxylic acids is 1. The fourth-order valence-corrected chi connectivity index (χ4v) is 2.02. The van der Waals surface area contributed by atoms with Crippen molar-refractivity contribution in [2.45, 2.75) is 26.2 Å². The summed E-state index contributed by atoms with van der Waals surface area (Å²) >= 11 is 0. The molecule has 0 aliphatic carbocycles. The normalized spacial score (nSPS) is 10.1. The molecule has 1 N–H and O–H groups in total. The largest absolute Gasteiger partial charge is 0.494 e. The van der Waals surface area contributed by atoms with Gasteiger partial charge in [-0.3, -0.25) is 4.79 Å². The molecule has 0 heterocycles. The third kappa shape index (κ3) is 6.43. The van der Waals surface area contributed by atoms with Crippen LogP contribution in [0.25, 0.3) is 0 Å². The van der Waals surface area contributed by atoms with Crippen molar-refractivity contribution >= 4 is 11.6 Å². The van der Waals surface area contributed by atoms with Crippen molar-refractivity contribution in [3.63, 3.8) is 0 Å². The summed E-state index contributed by atoms with van der Waals surface area (Å²) in [6.45, 7) is 3.30. The van der Waals surface area contributed by atoms with Crippen LogP contribution in [0.1, 0.15) is 26.2 Å². The number of rotatable bonds is 9. The number of ether oxygens (including phenoxy) is 2. The van der Waals surface area contributed by atoms with Gasteiger partial charge in [0.15, 0.2) is 0 Å². The highest BCUT2D eigenvalue weighted by atomic mass is 16.5. The maximum Gasteiger partial charge on any atom is 0.224 e. The summed E-state index contributed by atoms with van der Waals surface area (Å²) in [6, 6.07) is 17.0. The predicted molar refractivity (Wildman–Crippen MR) is 92.0 cm³/mol. The van der Waals surface area contributed by atoms with Crippen molar-refractivity contribution < 1.29 is 14.3 Å². The fourth-order valence-electron chi connectivity index (χ4n) is 2.02. The number of nitrogens with one attached hydrogen (secondary N) is 1. The quantitative estimate of drug-likeness (QED) is 0.703. The van der Waals surface area contributed by atoms with Crippen molar-refractivity contribution in [1.29, 1.82) is 0 Å². The van der Waals surface area contributed by atoms with Gasteiger partial charge in [0.1, 0.15) is 11.5 Å². The number of benzene rings is 2. The van der Waals surface area contributed by atoms with Crippen molar-refractivity contribution in [2.24, 2.45) is 0 Å². The van der Waals surface area contributed by atoms with Crippen LogP contribution in [0.2, 0.25) is 0 Å². The van der Waals surface area contributed by atoms with Crippen LogP contribution in [0, 0.1) is 0 Å². The zero-order valence-corrected chi connectivity index (χ0v) is 13.5. The van der Waals surface area contributed by atoms with Gasteiger partial charge in [-0.2, -0.15) is 0 Å². The van der Waals surface area contributed by atoms with Crippen LogP contribution in [-0.2, 0) is 4.79 Å². The molecule has 0 aliphatic heterocycles. The Morgan fingerprint density at radius 3 is 2.26 bits per heavy atom. The Kier molecular flexibility index (Phi) is 6.98. The molecule has 0 spiro atoms. The van der Waals surface area contributed by atoms with Crippen LogP contribution in [0.3, 0.4) is 0 Å². The van der Waals surface area contributed by atoms with E-state index in [1.807, 2.05) is 54.6 Å². The van der Waals surface area contributed by atoms with Crippen molar-refractivity contribution in [3.05, 3.63) is 54.6 Å². The van der Waals surface area contributed by atoms with Gasteiger partial charge in [-0.15, -0.1) is 0 Å². The lowest BCUT2D eigenvalue weighted by Gasteiger charge is -2.08. The molecule has 0 atom stereocenters. The van der Waals surface area contributed by atoms with E-state index in [9.17, 15) is 4.79 Å². The van der Waals surface area contributed by atoms with Crippen LogP contribution in [0.5, 0.6) is 11.5 Å². The minimum atomic E-state index is -0.0103. The predicted octanol–water partition coefficient (Wildman–Crippen LogP) is 4.27. The monoisotopic (exact) mass is 313 g/mol. The second-order valence-corrected chi connectivity index (χ2v) is 5.19. The molecule has 0 aliphatic rings. The van der Waals surface area contributed by atoms with Crippen LogP contribution in [-0.4, -0.2) is 19.1 Å². The average Bonchev–Trinajstić information content (AvgIpc) is 2.59. The summed E-state index contributed by atoms with van der Waals surface area (Å²) in [4.78, 5) is 11.9. The van der Waals surface area contributed by atoms with Gasteiger partial charge >= 0.3 is 0 Å². The number of anilines is 1. The minimum absolute atomic E-state index is 0.0103. The molecule has 1 amide bonds. The molecule has 0 saturated heterocycles. The summed E-state index contributed by atoms with van der Waals surface area (Å²) in [5, 5.41) is 2.87. The average molecular weight is 313 g/mol. The fraction of sp³-hybridized carbons (Fsp3) is 0.316. The number of carbonyl (C=O) groups is 1. The summed E-state index contributed by atoms with van der Waals surface area (Å²) in [5.41, 5.74) is 0.780. The van der Waals surface area contributed by atoms with Gasteiger partial charge in [-0.05, 0) is 49.2 Å². The summed E-state index contributed by atoms with van der Waals surface area (Å²) < 4.78 is 11.1. The van der Waals surface area contributed by atoms with Gasteiger partial charge in [0.2, 0.25) is 5.91 Å². The number of para-hydroxylation sites is 1. The van der Waals surface area contributed by atoms with E-state index >= 15 is 0 Å². The molecular formula is C19H23NO3. The highest BCUT2D eigenvalue weighted by molar-refractivity contribution is 5.90. The van der Waals surface area contributed by atoms with Crippen LogP contribution in [0.15, 0.2) is 54.6 Å². The Morgan fingerprint density at radius 1 is 0.913 bits per heavy atom. The Hall–Kier alpha value is -2.49. The van der Waals surface area contributed by atoms with E-state index in [2.05, 4.69) is 12.2 Å². The number of hydrogen-bond donors (Lipinski definition) is 1. The van der Waals surface area contributed by atoms with Crippen LogP contribution in [0.4, 0.5) is 5.69 Å². The zero-order valence-electron chi connectivity index (χ0n) is 13.5. The van der Waals surface area contributed by atoms with Gasteiger partial charge in [-0.25, -0.2) is 0 Å². The first-order chi connectivity index (χ1) is 11.3. The lowest BCUT2D eigenvalue weighted by Crippen LogP contribution is -2.12. The van der Waals surface area contributed by atoms with Crippen molar-refractivity contribution in [3.8, 4) is 11.5 Å². The van der Waals surface area contributed by atoms with E-state index in [1.165, 1.54) is 0 Å². The van der Waals surface area contributed by atoms with Gasteiger partial charge in [-0.1, -0.05) is 25.1 Å². The molecule has 4 heteroatoms. The third-order valence-electron chi connectivity index (χ3n) is 3.17. The zero-order chi connectivity index (χ0) is 16.3. The van der Waals surface area contributed by atoms with E-state index in [0.717, 1.165) is 23.6 Å². The van der Waals surface area contributed by atoms with E-state index in [4.69, 9.17) is 9.47 Å². The smallest absolute Gasteiger partial charge is 0.224 e. The maximum absolute atomic E-state index is 11.9. The molecule has 122 valence electrons. The molecule has 2 aromatic rings. The standard InChI is InChI=1S/C19H23NO3/c1-2-14-22-18-12-10-16(11-13-18)20-19(21)9-6-15-23-17-7-4-3-5-8-17/h3-5,7-8,10-13H,2,6,9,14-15H2,1H3,(H,20,21). The molecule has 0 bridgehead atoms. The number of hydrogen-bond acceptors (Lipinski definition) is 3. The van der Waals surface area contributed by atoms with Crippen LogP contribution >= 0.6 is 0 Å². The first-order valence-electron chi connectivity index (χ1n) is 7.98. The second-order valence-electron chi connectivity index (χ2n) is 5.19. The minimum Gasteiger partial charge on any atom is -0.494 e. The first-order valence-corrected chi connectivity index (χ1v) is 7.98. The van der Waals surface area contributed by atoms with Crippen molar-refractivity contribution in [1.82, 2.24) is 0 Å². The molecule has 4 nitrogen and oxygen atoms in total. The van der Waals surface area contributed by atoms with Gasteiger partial charge in [0.05, 0.1) is 13.2 Å². The SMILES string of the molecule is CCCOc1ccc(NC(=O)CCCOc2ccccc2)cc1. The summed E-state index contributed by atoms with van der Waals surface area (Å²) in [7, 11) is 0. The van der Waals surface area contributed by atoms with Gasteiger partial charge in [0, 0.05) is 12.1 Å². The number of amides is 1. The van der Waals surface area contributed by atoms with E-state index in [1.54, 1.807) is 0 Å². The molecule has 0 aromatic heterocycles. The third-order valence-corrected chi connectivity index (χ3v) is 3.17. The molecule has 0 fully saturated rings. The highest BCUT2D eigenvalue weighted by Crippen LogP contribution is 2.16. The Labute approximate surface area is 137 Å². The topological polar surface area (TPSA) is 47.6 Å². The van der Waals surface area contributed by atoms with Crippen LogP contribution < -0.4 is 14.8 Å². The molecule has 23 heavy (non-hydrogen) atoms. The summed E-state index contributed by atoms with van der Waals surface area (Å²) in [6.07, 6.45) is 2.09. The molecule has 2 aromatic carbocycles. The van der Waals surface area contributed by atoms with E-state index in [-0.39, 0.29) is 5.91 Å². The lowest BCUT2D eigenvalue weighted by atomic mass is 10.2. The second kappa shape index (κ2) is 9.51. The Morgan fingerprint density at radius 2 is 1.57 bits per heavy atom. The molecule has 2 rings (SSSR count). The summed E-state index contributed by atoms with van der Waals surface area (Å²) in [5.74, 6) is 1.64. The highest BCUT2D eigenvalue weighted by Gasteiger charge is 2.03. The molecule has 0 saturated carbocycles. The lowest BCUT2D eigenvalue weighted by molar-refractivity contribution is -0.116. The van der Waals surface area contributed by atoms with Gasteiger partial charge in [0.25, 0.3) is 0 Å². The van der Waals surface area contributed by atoms with Gasteiger partial charge < -0.3 is 14.8 Å². The van der Waals surface area contributed by atoms with E-state index in [0.29, 0.717) is 26.1 Å². The maximum atomic E-state index is 11.9. The molecule has 0 unspecified atom stereocenters. The molecule has 0 radical (unpaired) electrons. The first kappa shape index (κ1) is 16.9. The Bertz CT molecular complexity index is 581. The Balaban J connectivity index is 1.66. The van der Waals surface area contributed by atoms with E-state index < -0.39 is 0 Å². The molecular weight excluding hydrogens is 290 g/mol. The van der Waals surface area contributed by atoms with Crippen molar-refractivity contribution in [2.75, 3.05) is 18.5 Å².